The Morgan fingerprint density at radius 2 is 2.18 bits per heavy atom. The zero-order chi connectivity index (χ0) is 16.1. The molecule has 0 spiro atoms. The quantitative estimate of drug-likeness (QED) is 0.879. The number of carbonyl (C=O) groups excluding carboxylic acids is 1. The Morgan fingerprint density at radius 1 is 1.41 bits per heavy atom. The van der Waals surface area contributed by atoms with E-state index in [1.54, 1.807) is 6.92 Å². The number of nitrogens with zero attached hydrogens (tertiary/aromatic N) is 1. The third-order valence-corrected chi connectivity index (χ3v) is 4.20. The molecule has 0 radical (unpaired) electrons. The molecule has 0 aliphatic carbocycles. The zero-order valence-corrected chi connectivity index (χ0v) is 13.8. The maximum absolute atomic E-state index is 12.3. The van der Waals surface area contributed by atoms with Crippen LogP contribution in [0.1, 0.15) is 51.5 Å². The van der Waals surface area contributed by atoms with E-state index in [-0.39, 0.29) is 24.7 Å². The van der Waals surface area contributed by atoms with Crippen LogP contribution in [0.5, 0.6) is 5.75 Å². The fourth-order valence-corrected chi connectivity index (χ4v) is 2.99. The van der Waals surface area contributed by atoms with Crippen molar-refractivity contribution in [3.63, 3.8) is 0 Å². The molecule has 2 unspecified atom stereocenters. The van der Waals surface area contributed by atoms with Crippen molar-refractivity contribution in [1.29, 1.82) is 0 Å². The molecule has 1 fully saturated rings. The number of hydrogen-bond donors (Lipinski definition) is 1. The largest absolute Gasteiger partial charge is 0.484 e. The van der Waals surface area contributed by atoms with Crippen molar-refractivity contribution >= 4 is 5.91 Å². The lowest BCUT2D eigenvalue weighted by molar-refractivity contribution is -0.134. The Labute approximate surface area is 133 Å². The van der Waals surface area contributed by atoms with E-state index in [4.69, 9.17) is 4.74 Å². The van der Waals surface area contributed by atoms with Crippen LogP contribution in [0, 0.1) is 0 Å². The molecule has 1 aromatic carbocycles. The minimum atomic E-state index is -0.373. The third-order valence-electron chi connectivity index (χ3n) is 4.20. The van der Waals surface area contributed by atoms with Crippen molar-refractivity contribution in [2.45, 2.75) is 58.1 Å². The average molecular weight is 305 g/mol. The predicted octanol–water partition coefficient (Wildman–Crippen LogP) is 2.95. The number of aliphatic hydroxyl groups is 1. The fourth-order valence-electron chi connectivity index (χ4n) is 2.99. The minimum absolute atomic E-state index is 0.0121. The zero-order valence-electron chi connectivity index (χ0n) is 13.8. The van der Waals surface area contributed by atoms with Crippen molar-refractivity contribution < 1.29 is 14.6 Å². The maximum Gasteiger partial charge on any atom is 0.260 e. The summed E-state index contributed by atoms with van der Waals surface area (Å²) in [6, 6.07) is 8.06. The second-order valence-electron chi connectivity index (χ2n) is 6.48. The fraction of sp³-hybridized carbons (Fsp3) is 0.611. The molecule has 122 valence electrons. The van der Waals surface area contributed by atoms with E-state index >= 15 is 0 Å². The Bertz CT molecular complexity index is 499. The van der Waals surface area contributed by atoms with Crippen molar-refractivity contribution in [2.75, 3.05) is 13.2 Å². The molecule has 4 nitrogen and oxygen atoms in total. The molecule has 0 bridgehead atoms. The highest BCUT2D eigenvalue weighted by molar-refractivity contribution is 5.78. The van der Waals surface area contributed by atoms with Crippen LogP contribution in [-0.2, 0) is 4.79 Å². The van der Waals surface area contributed by atoms with Crippen LogP contribution in [-0.4, -0.2) is 41.2 Å². The van der Waals surface area contributed by atoms with E-state index in [1.165, 1.54) is 5.56 Å². The van der Waals surface area contributed by atoms with Gasteiger partial charge in [-0.25, -0.2) is 0 Å². The highest BCUT2D eigenvalue weighted by Crippen LogP contribution is 2.23. The van der Waals surface area contributed by atoms with Gasteiger partial charge in [0.05, 0.1) is 6.10 Å². The van der Waals surface area contributed by atoms with E-state index < -0.39 is 0 Å². The van der Waals surface area contributed by atoms with Crippen LogP contribution >= 0.6 is 0 Å². The maximum atomic E-state index is 12.3. The Morgan fingerprint density at radius 3 is 2.86 bits per heavy atom. The first-order chi connectivity index (χ1) is 10.5. The van der Waals surface area contributed by atoms with Crippen LogP contribution in [0.15, 0.2) is 24.3 Å². The van der Waals surface area contributed by atoms with Crippen LogP contribution in [0.3, 0.4) is 0 Å². The van der Waals surface area contributed by atoms with E-state index in [1.807, 2.05) is 23.1 Å². The molecule has 1 aliphatic rings. The Hall–Kier alpha value is -1.55. The first-order valence-electron chi connectivity index (χ1n) is 8.17. The van der Waals surface area contributed by atoms with Gasteiger partial charge in [0.1, 0.15) is 5.75 Å². The number of carbonyl (C=O) groups is 1. The lowest BCUT2D eigenvalue weighted by Gasteiger charge is -2.25. The summed E-state index contributed by atoms with van der Waals surface area (Å²) in [7, 11) is 0. The molecular weight excluding hydrogens is 278 g/mol. The molecule has 2 rings (SSSR count). The first-order valence-corrected chi connectivity index (χ1v) is 8.17. The second-order valence-corrected chi connectivity index (χ2v) is 6.48. The number of amides is 1. The van der Waals surface area contributed by atoms with E-state index in [0.29, 0.717) is 12.3 Å². The summed E-state index contributed by atoms with van der Waals surface area (Å²) in [6.07, 6.45) is 2.25. The highest BCUT2D eigenvalue weighted by Gasteiger charge is 2.29. The van der Waals surface area contributed by atoms with Gasteiger partial charge >= 0.3 is 0 Å². The number of hydrogen-bond acceptors (Lipinski definition) is 3. The van der Waals surface area contributed by atoms with Crippen LogP contribution < -0.4 is 4.74 Å². The molecule has 1 saturated heterocycles. The number of ether oxygens (including phenoxy) is 1. The molecule has 4 heteroatoms. The van der Waals surface area contributed by atoms with Gasteiger partial charge in [-0.05, 0) is 49.8 Å². The van der Waals surface area contributed by atoms with Gasteiger partial charge in [0.25, 0.3) is 5.91 Å². The molecule has 1 amide bonds. The molecule has 1 N–H and O–H groups in total. The van der Waals surface area contributed by atoms with Gasteiger partial charge in [-0.2, -0.15) is 0 Å². The standard InChI is InChI=1S/C18H27NO3/c1-13(2)15-6-4-8-17(11-15)22-12-18(21)19-9-5-7-16(19)10-14(3)20/h4,6,8,11,13-14,16,20H,5,7,9-10,12H2,1-3H3. The minimum Gasteiger partial charge on any atom is -0.484 e. The summed E-state index contributed by atoms with van der Waals surface area (Å²) in [5, 5.41) is 9.53. The number of benzene rings is 1. The average Bonchev–Trinajstić information content (AvgIpc) is 2.92. The summed E-state index contributed by atoms with van der Waals surface area (Å²) in [4.78, 5) is 14.2. The molecule has 0 aromatic heterocycles. The van der Waals surface area contributed by atoms with Gasteiger partial charge in [-0.1, -0.05) is 26.0 Å². The lowest BCUT2D eigenvalue weighted by Crippen LogP contribution is -2.40. The van der Waals surface area contributed by atoms with Crippen molar-refractivity contribution in [3.8, 4) is 5.75 Å². The van der Waals surface area contributed by atoms with Gasteiger partial charge in [-0.3, -0.25) is 4.79 Å². The van der Waals surface area contributed by atoms with Crippen LogP contribution in [0.25, 0.3) is 0 Å². The summed E-state index contributed by atoms with van der Waals surface area (Å²) < 4.78 is 5.67. The topological polar surface area (TPSA) is 49.8 Å². The van der Waals surface area contributed by atoms with Crippen LogP contribution in [0.2, 0.25) is 0 Å². The SMILES string of the molecule is CC(O)CC1CCCN1C(=O)COc1cccc(C(C)C)c1. The smallest absolute Gasteiger partial charge is 0.260 e. The molecule has 1 heterocycles. The van der Waals surface area contributed by atoms with Crippen LogP contribution in [0.4, 0.5) is 0 Å². The number of aliphatic hydroxyl groups excluding tert-OH is 1. The van der Waals surface area contributed by atoms with E-state index in [9.17, 15) is 9.90 Å². The van der Waals surface area contributed by atoms with Crippen molar-refractivity contribution in [2.24, 2.45) is 0 Å². The Kier molecular flexibility index (Phi) is 5.83. The third kappa shape index (κ3) is 4.47. The highest BCUT2D eigenvalue weighted by atomic mass is 16.5. The summed E-state index contributed by atoms with van der Waals surface area (Å²) in [6.45, 7) is 6.88. The number of rotatable bonds is 6. The lowest BCUT2D eigenvalue weighted by atomic mass is 10.0. The predicted molar refractivity (Wildman–Crippen MR) is 87.1 cm³/mol. The van der Waals surface area contributed by atoms with Gasteiger partial charge in [-0.15, -0.1) is 0 Å². The van der Waals surface area contributed by atoms with E-state index in [2.05, 4.69) is 19.9 Å². The summed E-state index contributed by atoms with van der Waals surface area (Å²) >= 11 is 0. The van der Waals surface area contributed by atoms with Gasteiger partial charge in [0.2, 0.25) is 0 Å². The molecule has 2 atom stereocenters. The normalized spacial score (nSPS) is 19.5. The molecular formula is C18H27NO3. The molecule has 1 aromatic rings. The summed E-state index contributed by atoms with van der Waals surface area (Å²) in [5.74, 6) is 1.19. The second kappa shape index (κ2) is 7.63. The number of likely N-dealkylation sites (tertiary alicyclic amines) is 1. The monoisotopic (exact) mass is 305 g/mol. The van der Waals surface area contributed by atoms with Gasteiger partial charge in [0.15, 0.2) is 6.61 Å². The first kappa shape index (κ1) is 16.8. The van der Waals surface area contributed by atoms with Gasteiger partial charge < -0.3 is 14.7 Å². The molecule has 0 saturated carbocycles. The van der Waals surface area contributed by atoms with Crippen molar-refractivity contribution in [1.82, 2.24) is 4.90 Å². The van der Waals surface area contributed by atoms with E-state index in [0.717, 1.165) is 25.1 Å². The van der Waals surface area contributed by atoms with Crippen molar-refractivity contribution in [3.05, 3.63) is 29.8 Å². The molecule has 1 aliphatic heterocycles. The van der Waals surface area contributed by atoms with Gasteiger partial charge in [0, 0.05) is 12.6 Å². The Balaban J connectivity index is 1.90. The molecule has 22 heavy (non-hydrogen) atoms. The summed E-state index contributed by atoms with van der Waals surface area (Å²) in [5.41, 5.74) is 1.21.